The number of methoxy groups -OCH3 is 1. The molecule has 25 heavy (non-hydrogen) atoms. The Kier molecular flexibility index (Phi) is 4.21. The highest BCUT2D eigenvalue weighted by Gasteiger charge is 2.44. The largest absolute Gasteiger partial charge is 0.497 e. The molecule has 1 unspecified atom stereocenters. The number of piperidine rings is 3. The van der Waals surface area contributed by atoms with Gasteiger partial charge in [0.05, 0.1) is 18.7 Å². The molecule has 2 bridgehead atoms. The zero-order chi connectivity index (χ0) is 17.6. The molecule has 3 aliphatic heterocycles. The third-order valence-electron chi connectivity index (χ3n) is 5.99. The number of aliphatic hydroxyl groups excluding tert-OH is 1. The molecule has 3 saturated heterocycles. The van der Waals surface area contributed by atoms with Crippen LogP contribution in [0.4, 0.5) is 0 Å². The van der Waals surface area contributed by atoms with Crippen molar-refractivity contribution in [3.05, 3.63) is 36.0 Å². The number of aromatic nitrogens is 1. The van der Waals surface area contributed by atoms with Crippen molar-refractivity contribution in [2.75, 3.05) is 20.2 Å². The summed E-state index contributed by atoms with van der Waals surface area (Å²) >= 11 is 0. The average molecular weight is 340 g/mol. The first kappa shape index (κ1) is 16.5. The van der Waals surface area contributed by atoms with Crippen LogP contribution >= 0.6 is 0 Å². The van der Waals surface area contributed by atoms with Crippen LogP contribution < -0.4 is 4.74 Å². The van der Waals surface area contributed by atoms with E-state index in [4.69, 9.17) is 4.74 Å². The van der Waals surface area contributed by atoms with Gasteiger partial charge >= 0.3 is 0 Å². The van der Waals surface area contributed by atoms with Gasteiger partial charge in [-0.1, -0.05) is 0 Å². The van der Waals surface area contributed by atoms with Crippen molar-refractivity contribution < 1.29 is 14.6 Å². The first-order chi connectivity index (χ1) is 12.1. The summed E-state index contributed by atoms with van der Waals surface area (Å²) in [6, 6.07) is 7.71. The molecule has 0 aliphatic carbocycles. The number of fused-ring (bicyclic) bond motifs is 4. The first-order valence-corrected chi connectivity index (χ1v) is 8.93. The molecule has 5 rings (SSSR count). The van der Waals surface area contributed by atoms with Crippen LogP contribution in [0.2, 0.25) is 0 Å². The number of rotatable bonds is 4. The summed E-state index contributed by atoms with van der Waals surface area (Å²) in [6.07, 6.45) is 3.09. The van der Waals surface area contributed by atoms with Crippen molar-refractivity contribution >= 4 is 16.7 Å². The van der Waals surface area contributed by atoms with E-state index >= 15 is 0 Å². The molecule has 2 aromatic rings. The monoisotopic (exact) mass is 340 g/mol. The maximum Gasteiger partial charge on any atom is 0.134 e. The Morgan fingerprint density at radius 3 is 2.92 bits per heavy atom. The summed E-state index contributed by atoms with van der Waals surface area (Å²) in [5, 5.41) is 12.1. The molecule has 0 saturated carbocycles. The molecule has 5 nitrogen and oxygen atoms in total. The van der Waals surface area contributed by atoms with E-state index in [9.17, 15) is 9.90 Å². The van der Waals surface area contributed by atoms with Crippen molar-refractivity contribution in [3.63, 3.8) is 0 Å². The smallest absolute Gasteiger partial charge is 0.134 e. The van der Waals surface area contributed by atoms with Crippen LogP contribution in [0.15, 0.2) is 30.5 Å². The predicted molar refractivity (Wildman–Crippen MR) is 95.5 cm³/mol. The fraction of sp³-hybridized carbons (Fsp3) is 0.500. The zero-order valence-corrected chi connectivity index (χ0v) is 14.7. The first-order valence-electron chi connectivity index (χ1n) is 8.93. The molecule has 0 radical (unpaired) electrons. The second-order valence-corrected chi connectivity index (χ2v) is 7.29. The van der Waals surface area contributed by atoms with Crippen LogP contribution in [0.5, 0.6) is 5.75 Å². The Balaban J connectivity index is 1.67. The fourth-order valence-corrected chi connectivity index (χ4v) is 4.60. The van der Waals surface area contributed by atoms with E-state index in [0.717, 1.165) is 48.1 Å². The lowest BCUT2D eigenvalue weighted by Gasteiger charge is -2.50. The molecule has 3 fully saturated rings. The van der Waals surface area contributed by atoms with Crippen molar-refractivity contribution in [3.8, 4) is 5.75 Å². The number of benzene rings is 1. The molecule has 1 N–H and O–H groups in total. The summed E-state index contributed by atoms with van der Waals surface area (Å²) in [5.41, 5.74) is 1.75. The second kappa shape index (κ2) is 6.39. The second-order valence-electron chi connectivity index (χ2n) is 7.29. The van der Waals surface area contributed by atoms with E-state index in [1.807, 2.05) is 24.3 Å². The van der Waals surface area contributed by atoms with Crippen molar-refractivity contribution in [2.24, 2.45) is 11.8 Å². The Hall–Kier alpha value is -1.98. The number of Topliss-reactive ketones (excluding diaryl/α,β-unsaturated/α-hetero) is 1. The van der Waals surface area contributed by atoms with Gasteiger partial charge in [-0.25, -0.2) is 0 Å². The minimum atomic E-state index is -0.590. The summed E-state index contributed by atoms with van der Waals surface area (Å²) in [6.45, 7) is 3.43. The van der Waals surface area contributed by atoms with Gasteiger partial charge in [-0.15, -0.1) is 0 Å². The molecule has 3 aliphatic rings. The molecule has 5 atom stereocenters. The minimum absolute atomic E-state index is 0.0613. The number of nitrogens with zero attached hydrogens (tertiary/aromatic N) is 2. The number of hydrogen-bond donors (Lipinski definition) is 1. The van der Waals surface area contributed by atoms with E-state index in [1.54, 1.807) is 20.2 Å². The van der Waals surface area contributed by atoms with Crippen molar-refractivity contribution in [1.82, 2.24) is 9.88 Å². The van der Waals surface area contributed by atoms with Crippen LogP contribution in [0.3, 0.4) is 0 Å². The normalized spacial score (nSPS) is 29.6. The lowest BCUT2D eigenvalue weighted by atomic mass is 9.72. The van der Waals surface area contributed by atoms with Gasteiger partial charge in [0.15, 0.2) is 0 Å². The average Bonchev–Trinajstić information content (AvgIpc) is 2.66. The molecule has 4 heterocycles. The maximum atomic E-state index is 11.9. The minimum Gasteiger partial charge on any atom is -0.497 e. The van der Waals surface area contributed by atoms with E-state index < -0.39 is 6.10 Å². The van der Waals surface area contributed by atoms with E-state index in [1.165, 1.54) is 0 Å². The number of pyridine rings is 1. The van der Waals surface area contributed by atoms with Gasteiger partial charge in [-0.3, -0.25) is 14.7 Å². The third-order valence-corrected chi connectivity index (χ3v) is 5.99. The number of aliphatic hydroxyl groups is 1. The van der Waals surface area contributed by atoms with Gasteiger partial charge in [0.2, 0.25) is 0 Å². The zero-order valence-electron chi connectivity index (χ0n) is 14.7. The summed E-state index contributed by atoms with van der Waals surface area (Å²) < 4.78 is 5.33. The molecular weight excluding hydrogens is 316 g/mol. The van der Waals surface area contributed by atoms with Crippen LogP contribution in [0.1, 0.15) is 31.4 Å². The number of carbonyl (C=O) groups is 1. The summed E-state index contributed by atoms with van der Waals surface area (Å²) in [7, 11) is 1.64. The highest BCUT2D eigenvalue weighted by atomic mass is 16.5. The number of ketones is 1. The lowest BCUT2D eigenvalue weighted by Crippen LogP contribution is -2.56. The number of carbonyl (C=O) groups excluding carboxylic acids is 1. The van der Waals surface area contributed by atoms with Gasteiger partial charge in [0.1, 0.15) is 11.5 Å². The quantitative estimate of drug-likeness (QED) is 0.927. The van der Waals surface area contributed by atoms with E-state index in [-0.39, 0.29) is 17.7 Å². The molecule has 5 heteroatoms. The van der Waals surface area contributed by atoms with Gasteiger partial charge in [-0.05, 0) is 62.1 Å². The number of hydrogen-bond acceptors (Lipinski definition) is 5. The lowest BCUT2D eigenvalue weighted by molar-refractivity contribution is -0.131. The topological polar surface area (TPSA) is 62.7 Å². The van der Waals surface area contributed by atoms with Gasteiger partial charge < -0.3 is 9.84 Å². The van der Waals surface area contributed by atoms with Crippen molar-refractivity contribution in [1.29, 1.82) is 0 Å². The molecular formula is C20H24N2O3. The Morgan fingerprint density at radius 2 is 2.24 bits per heavy atom. The Bertz CT molecular complexity index is 807. The summed E-state index contributed by atoms with van der Waals surface area (Å²) in [4.78, 5) is 18.6. The van der Waals surface area contributed by atoms with E-state index in [2.05, 4.69) is 9.88 Å². The third kappa shape index (κ3) is 2.81. The fourth-order valence-electron chi connectivity index (χ4n) is 4.60. The standard InChI is InChI=1S/C20H24N2O3/c1-12(23)17-11-22-8-6-13(17)9-19(22)20(24)15-5-7-21-18-4-3-14(25-2)10-16(15)18/h3-5,7,10,13,17,19-20,24H,6,8-9,11H2,1-2H3/t13-,17+,19-,20+/m0/s1. The maximum absolute atomic E-state index is 11.9. The van der Waals surface area contributed by atoms with Crippen LogP contribution in [-0.4, -0.2) is 47.0 Å². The van der Waals surface area contributed by atoms with Gasteiger partial charge in [0, 0.05) is 30.1 Å². The van der Waals surface area contributed by atoms with Crippen molar-refractivity contribution in [2.45, 2.75) is 31.9 Å². The predicted octanol–water partition coefficient (Wildman–Crippen LogP) is 2.58. The Morgan fingerprint density at radius 1 is 1.40 bits per heavy atom. The van der Waals surface area contributed by atoms with Crippen LogP contribution in [0, 0.1) is 11.8 Å². The SMILES string of the molecule is COc1ccc2nccc([C@@H](O)[C@@H]3C[C@@H]4CCN3C[C@@H]4C(C)=O)c2c1. The molecule has 132 valence electrons. The number of ether oxygens (including phenoxy) is 1. The Labute approximate surface area is 147 Å². The highest BCUT2D eigenvalue weighted by Crippen LogP contribution is 2.42. The van der Waals surface area contributed by atoms with Gasteiger partial charge in [0.25, 0.3) is 0 Å². The summed E-state index contributed by atoms with van der Waals surface area (Å²) in [5.74, 6) is 1.56. The van der Waals surface area contributed by atoms with E-state index in [0.29, 0.717) is 5.92 Å². The molecule has 1 aromatic heterocycles. The molecule has 1 aromatic carbocycles. The molecule has 0 spiro atoms. The van der Waals surface area contributed by atoms with Gasteiger partial charge in [-0.2, -0.15) is 0 Å². The molecule has 0 amide bonds. The van der Waals surface area contributed by atoms with Crippen LogP contribution in [-0.2, 0) is 4.79 Å². The van der Waals surface area contributed by atoms with Crippen LogP contribution in [0.25, 0.3) is 10.9 Å². The highest BCUT2D eigenvalue weighted by molar-refractivity contribution is 5.84.